The molecule has 4 radical (unpaired) electrons. The van der Waals surface area contributed by atoms with Gasteiger partial charge in [-0.1, -0.05) is 183 Å². The van der Waals surface area contributed by atoms with Gasteiger partial charge < -0.3 is 25.3 Å². The maximum Gasteiger partial charge on any atom is 2.00 e. The van der Waals surface area contributed by atoms with Crippen LogP contribution < -0.4 is 0 Å². The molecule has 0 N–H and O–H groups in total. The van der Waals surface area contributed by atoms with Gasteiger partial charge in [-0.2, -0.15) is 11.5 Å². The molecule has 0 rings (SSSR count). The van der Waals surface area contributed by atoms with Gasteiger partial charge in [0.25, 0.3) is 0 Å². The predicted molar refractivity (Wildman–Crippen MR) is 174 cm³/mol. The van der Waals surface area contributed by atoms with Gasteiger partial charge in [0.1, 0.15) is 0 Å². The van der Waals surface area contributed by atoms with E-state index in [-0.39, 0.29) is 23.9 Å². The zero-order valence-corrected chi connectivity index (χ0v) is 29.9. The molecule has 0 amide bonds. The van der Waals surface area contributed by atoms with E-state index in [0.29, 0.717) is 0 Å². The summed E-state index contributed by atoms with van der Waals surface area (Å²) >= 11 is 9.82. The molecule has 0 bridgehead atoms. The Morgan fingerprint density at radius 2 is 0.486 bits per heavy atom. The number of unbranched alkanes of at least 4 members (excludes halogenated alkanes) is 20. The summed E-state index contributed by atoms with van der Waals surface area (Å²) in [6, 6.07) is 0. The fourth-order valence-corrected chi connectivity index (χ4v) is 3.94. The Morgan fingerprint density at radius 1 is 0.343 bits per heavy atom. The minimum absolute atomic E-state index is 0. The van der Waals surface area contributed by atoms with E-state index in [2.05, 4.69) is 13.8 Å². The van der Waals surface area contributed by atoms with E-state index in [1.165, 1.54) is 141 Å². The van der Waals surface area contributed by atoms with Crippen LogP contribution in [0.4, 0.5) is 0 Å². The van der Waals surface area contributed by atoms with Crippen molar-refractivity contribution in [2.45, 2.75) is 183 Å². The smallest absolute Gasteiger partial charge is 0.793 e. The number of hydrogen-bond donors (Lipinski definition) is 0. The van der Waals surface area contributed by atoms with E-state index in [1.807, 2.05) is 40.5 Å². The average molecular weight is 636 g/mol. The van der Waals surface area contributed by atoms with Gasteiger partial charge in [-0.15, -0.1) is 0 Å². The second-order valence-electron chi connectivity index (χ2n) is 9.63. The maximum absolute atomic E-state index is 4.91. The van der Waals surface area contributed by atoms with Gasteiger partial charge in [0.2, 0.25) is 0 Å². The topological polar surface area (TPSA) is 0 Å². The first kappa shape index (κ1) is 46.4. The van der Waals surface area contributed by atoms with E-state index in [1.54, 1.807) is 0 Å². The minimum Gasteiger partial charge on any atom is -0.793 e. The van der Waals surface area contributed by atoms with Crippen LogP contribution in [0.2, 0.25) is 0 Å². The van der Waals surface area contributed by atoms with Crippen LogP contribution in [0.5, 0.6) is 0 Å². The molecule has 0 aromatic heterocycles. The van der Waals surface area contributed by atoms with Crippen molar-refractivity contribution in [3.63, 3.8) is 0 Å². The Balaban J connectivity index is -0.000000136. The quantitative estimate of drug-likeness (QED) is 0.0660. The minimum atomic E-state index is 0. The van der Waals surface area contributed by atoms with Crippen molar-refractivity contribution in [3.05, 3.63) is 12.8 Å². The summed E-state index contributed by atoms with van der Waals surface area (Å²) in [5.74, 6) is 1.91. The van der Waals surface area contributed by atoms with Gasteiger partial charge in [0.05, 0.1) is 0 Å². The Labute approximate surface area is 254 Å². The molecule has 0 atom stereocenters. The molecular formula is C32H68S2Sn. The van der Waals surface area contributed by atoms with Crippen LogP contribution in [0.15, 0.2) is 0 Å². The zero-order valence-electron chi connectivity index (χ0n) is 25.4. The Bertz CT molecular complexity index is 212. The second-order valence-corrected chi connectivity index (χ2v) is 10.5. The molecule has 0 unspecified atom stereocenters. The van der Waals surface area contributed by atoms with Crippen LogP contribution in [0.1, 0.15) is 183 Å². The first-order chi connectivity index (χ1) is 16.7. The fourth-order valence-electron chi connectivity index (χ4n) is 3.53. The van der Waals surface area contributed by atoms with E-state index in [9.17, 15) is 0 Å². The van der Waals surface area contributed by atoms with Crippen molar-refractivity contribution in [3.8, 4) is 0 Å². The molecule has 0 saturated carbocycles. The van der Waals surface area contributed by atoms with Gasteiger partial charge in [-0.25, -0.2) is 0 Å². The van der Waals surface area contributed by atoms with Crippen LogP contribution in [0.3, 0.4) is 0 Å². The maximum atomic E-state index is 4.91. The molecule has 0 aliphatic carbocycles. The first-order valence-electron chi connectivity index (χ1n) is 15.3. The van der Waals surface area contributed by atoms with Crippen molar-refractivity contribution in [2.75, 3.05) is 11.5 Å². The van der Waals surface area contributed by atoms with Crippen LogP contribution in [0.25, 0.3) is 0 Å². The molecule has 0 saturated heterocycles. The zero-order chi connectivity index (χ0) is 26.4. The average Bonchev–Trinajstić information content (AvgIpc) is 2.83. The standard InChI is InChI=1S/2C13H28S.2C3H7.Sn/c2*1-2-3-4-5-6-7-8-9-10-11-12-13-14;2*1-3-2;/h2*14H,2-13H2,1H3;2*3H,1-2H3;/q;;;;+2/p-2. The van der Waals surface area contributed by atoms with Crippen molar-refractivity contribution < 1.29 is 0 Å². The van der Waals surface area contributed by atoms with E-state index in [0.717, 1.165) is 11.5 Å². The molecule has 3 heteroatoms. The monoisotopic (exact) mass is 636 g/mol. The van der Waals surface area contributed by atoms with E-state index >= 15 is 0 Å². The van der Waals surface area contributed by atoms with E-state index in [4.69, 9.17) is 25.3 Å². The Morgan fingerprint density at radius 3 is 0.629 bits per heavy atom. The molecule has 0 aromatic rings. The summed E-state index contributed by atoms with van der Waals surface area (Å²) in [4.78, 5) is 0. The number of rotatable bonds is 22. The van der Waals surface area contributed by atoms with Gasteiger partial charge in [0.15, 0.2) is 0 Å². The molecule has 0 aliphatic heterocycles. The van der Waals surface area contributed by atoms with Gasteiger partial charge >= 0.3 is 23.9 Å². The molecule has 0 aromatic carbocycles. The fraction of sp³-hybridized carbons (Fsp3) is 0.938. The van der Waals surface area contributed by atoms with Crippen LogP contribution in [0, 0.1) is 12.8 Å². The third-order valence-electron chi connectivity index (χ3n) is 5.50. The second kappa shape index (κ2) is 55.9. The summed E-state index contributed by atoms with van der Waals surface area (Å²) in [6.07, 6.45) is 35.0. The Kier molecular flexibility index (Phi) is 74.0. The molecule has 0 aliphatic rings. The van der Waals surface area contributed by atoms with Crippen molar-refractivity contribution in [1.82, 2.24) is 0 Å². The van der Waals surface area contributed by atoms with Gasteiger partial charge in [0, 0.05) is 0 Å². The predicted octanol–water partition coefficient (Wildman–Crippen LogP) is 11.8. The summed E-state index contributed by atoms with van der Waals surface area (Å²) in [6.45, 7) is 12.6. The van der Waals surface area contributed by atoms with Gasteiger partial charge in [-0.3, -0.25) is 0 Å². The molecule has 0 nitrogen and oxygen atoms in total. The van der Waals surface area contributed by atoms with Crippen LogP contribution in [-0.2, 0) is 25.3 Å². The summed E-state index contributed by atoms with van der Waals surface area (Å²) < 4.78 is 0. The van der Waals surface area contributed by atoms with Gasteiger partial charge in [-0.05, 0) is 12.8 Å². The SMILES string of the molecule is CCCCCCCCCCCCC[S-].CCCCCCCCCCCCC[S-].C[CH]C.C[CH]C.[Sn+2]. The summed E-state index contributed by atoms with van der Waals surface area (Å²) in [7, 11) is 0. The van der Waals surface area contributed by atoms with Crippen molar-refractivity contribution in [1.29, 1.82) is 0 Å². The Hall–Kier alpha value is 1.50. The molecular weight excluding hydrogens is 567 g/mol. The van der Waals surface area contributed by atoms with Crippen molar-refractivity contribution >= 4 is 49.2 Å². The first-order valence-corrected chi connectivity index (χ1v) is 16.5. The molecule has 35 heavy (non-hydrogen) atoms. The van der Waals surface area contributed by atoms with Crippen molar-refractivity contribution in [2.24, 2.45) is 0 Å². The van der Waals surface area contributed by atoms with E-state index < -0.39 is 0 Å². The molecule has 0 spiro atoms. The molecule has 212 valence electrons. The third kappa shape index (κ3) is 72.1. The van der Waals surface area contributed by atoms with Crippen LogP contribution >= 0.6 is 0 Å². The molecule has 0 fully saturated rings. The summed E-state index contributed by atoms with van der Waals surface area (Å²) in [5.41, 5.74) is 0. The molecule has 0 heterocycles. The summed E-state index contributed by atoms with van der Waals surface area (Å²) in [5, 5.41) is 0. The largest absolute Gasteiger partial charge is 2.00 e. The third-order valence-corrected chi connectivity index (χ3v) is 6.07. The van der Waals surface area contributed by atoms with Crippen LogP contribution in [-0.4, -0.2) is 35.4 Å². The number of hydrogen-bond acceptors (Lipinski definition) is 2. The normalized spacial score (nSPS) is 9.60.